The molecule has 3 aliphatic carbocycles. The van der Waals surface area contributed by atoms with Crippen molar-refractivity contribution in [2.45, 2.75) is 37.5 Å². The van der Waals surface area contributed by atoms with Gasteiger partial charge in [-0.15, -0.1) is 0 Å². The first kappa shape index (κ1) is 28.1. The van der Waals surface area contributed by atoms with E-state index in [-0.39, 0.29) is 23.7 Å². The summed E-state index contributed by atoms with van der Waals surface area (Å²) in [4.78, 5) is 52.4. The number of rotatable bonds is 6. The van der Waals surface area contributed by atoms with E-state index in [2.05, 4.69) is 10.6 Å². The summed E-state index contributed by atoms with van der Waals surface area (Å²) in [7, 11) is 2.88. The molecule has 0 aliphatic heterocycles. The molecule has 0 saturated heterocycles. The topological polar surface area (TPSA) is 223 Å². The number of nitrogens with one attached hydrogen (secondary N) is 2. The maximum atomic E-state index is 14.0. The van der Waals surface area contributed by atoms with Crippen molar-refractivity contribution in [2.24, 2.45) is 17.6 Å². The first-order chi connectivity index (χ1) is 18.2. The van der Waals surface area contributed by atoms with Crippen LogP contribution in [0.15, 0.2) is 29.0 Å². The Morgan fingerprint density at radius 1 is 1.15 bits per heavy atom. The van der Waals surface area contributed by atoms with Crippen LogP contribution in [0.25, 0.3) is 5.76 Å². The highest BCUT2D eigenvalue weighted by molar-refractivity contribution is 6.24. The van der Waals surface area contributed by atoms with Gasteiger partial charge in [-0.05, 0) is 38.6 Å². The number of carbonyl (C=O) groups is 4. The second-order valence-corrected chi connectivity index (χ2v) is 10.3. The molecule has 1 saturated carbocycles. The lowest BCUT2D eigenvalue weighted by Gasteiger charge is -2.53. The molecule has 3 aliphatic rings. The molecule has 210 valence electrons. The fourth-order valence-corrected chi connectivity index (χ4v) is 6.19. The summed E-state index contributed by atoms with van der Waals surface area (Å²) in [6, 6.07) is 1.62. The predicted octanol–water partition coefficient (Wildman–Crippen LogP) is -0.956. The van der Waals surface area contributed by atoms with E-state index in [4.69, 9.17) is 5.73 Å². The molecule has 9 N–H and O–H groups in total. The molecule has 0 aromatic heterocycles. The zero-order valence-electron chi connectivity index (χ0n) is 21.8. The number of hydrogen-bond donors (Lipinski definition) is 8. The summed E-state index contributed by atoms with van der Waals surface area (Å²) in [5.74, 6) is -9.96. The standard InChI is InChI=1S/C26H32N4O9/c1-5-28-12(31)8-29-11-7-6-10-9(2)13-15(20(33)14(10)19(11)32)23(36)26(39)17(21(13)34)18(30(3)4)22(35)16(24(26)37)25(27)38/h6-7,9,13,17-18,21,29,32-34,37,39H,5,8H2,1-4H3,(H2,27,38)(H,28,31)/t9-,13+,17+,18+,21-,26-/m1/s1. The van der Waals surface area contributed by atoms with Gasteiger partial charge in [0.05, 0.1) is 35.9 Å². The Bertz CT molecular complexity index is 1350. The van der Waals surface area contributed by atoms with Gasteiger partial charge in [-0.2, -0.15) is 0 Å². The Balaban J connectivity index is 1.92. The molecule has 0 spiro atoms. The highest BCUT2D eigenvalue weighted by Crippen LogP contribution is 2.56. The lowest BCUT2D eigenvalue weighted by Crippen LogP contribution is -2.70. The molecule has 1 aromatic carbocycles. The number of anilines is 1. The SMILES string of the molecule is CCNC(=O)CNc1ccc2c(c1O)C(O)=C1C(=O)[C@@]3(O)C(O)=C(C(N)=O)C(=O)[C@@H](N(C)C)[C@H]3[C@H](O)[C@H]1[C@@H]2C. The number of aromatic hydroxyl groups is 1. The molecular formula is C26H32N4O9. The molecule has 1 aromatic rings. The van der Waals surface area contributed by atoms with E-state index in [1.54, 1.807) is 19.9 Å². The molecule has 0 bridgehead atoms. The van der Waals surface area contributed by atoms with Gasteiger partial charge >= 0.3 is 0 Å². The summed E-state index contributed by atoms with van der Waals surface area (Å²) >= 11 is 0. The van der Waals surface area contributed by atoms with Gasteiger partial charge in [0.25, 0.3) is 5.91 Å². The van der Waals surface area contributed by atoms with Gasteiger partial charge in [-0.3, -0.25) is 24.1 Å². The quantitative estimate of drug-likeness (QED) is 0.161. The van der Waals surface area contributed by atoms with Crippen molar-refractivity contribution in [1.29, 1.82) is 0 Å². The second kappa shape index (κ2) is 9.67. The summed E-state index contributed by atoms with van der Waals surface area (Å²) in [5, 5.41) is 61.9. The van der Waals surface area contributed by atoms with E-state index in [1.807, 2.05) is 0 Å². The van der Waals surface area contributed by atoms with Crippen LogP contribution in [0, 0.1) is 11.8 Å². The number of nitrogens with two attached hydrogens (primary N) is 1. The van der Waals surface area contributed by atoms with E-state index >= 15 is 0 Å². The summed E-state index contributed by atoms with van der Waals surface area (Å²) < 4.78 is 0. The Labute approximate surface area is 223 Å². The van der Waals surface area contributed by atoms with E-state index in [1.165, 1.54) is 25.1 Å². The van der Waals surface area contributed by atoms with Crippen LogP contribution >= 0.6 is 0 Å². The first-order valence-electron chi connectivity index (χ1n) is 12.4. The molecular weight excluding hydrogens is 512 g/mol. The van der Waals surface area contributed by atoms with Crippen LogP contribution in [0.3, 0.4) is 0 Å². The van der Waals surface area contributed by atoms with Crippen molar-refractivity contribution >= 4 is 34.8 Å². The van der Waals surface area contributed by atoms with Crippen molar-refractivity contribution in [2.75, 3.05) is 32.5 Å². The zero-order valence-corrected chi connectivity index (χ0v) is 21.8. The number of phenolic OH excluding ortho intramolecular Hbond substituents is 1. The van der Waals surface area contributed by atoms with Crippen molar-refractivity contribution < 1.29 is 44.7 Å². The van der Waals surface area contributed by atoms with Gasteiger partial charge in [0.15, 0.2) is 11.4 Å². The third-order valence-electron chi connectivity index (χ3n) is 7.94. The molecule has 13 heteroatoms. The summed E-state index contributed by atoms with van der Waals surface area (Å²) in [6.07, 6.45) is -1.67. The van der Waals surface area contributed by atoms with Crippen LogP contribution < -0.4 is 16.4 Å². The number of fused-ring (bicyclic) bond motifs is 3. The first-order valence-corrected chi connectivity index (χ1v) is 12.4. The lowest BCUT2D eigenvalue weighted by atomic mass is 9.54. The number of phenols is 1. The van der Waals surface area contributed by atoms with Crippen LogP contribution in [0.5, 0.6) is 5.75 Å². The molecule has 0 unspecified atom stereocenters. The summed E-state index contributed by atoms with van der Waals surface area (Å²) in [6.45, 7) is 3.59. The highest BCUT2D eigenvalue weighted by Gasteiger charge is 2.68. The molecule has 2 amide bonds. The molecule has 0 radical (unpaired) electrons. The van der Waals surface area contributed by atoms with Gasteiger partial charge in [0.1, 0.15) is 22.8 Å². The van der Waals surface area contributed by atoms with E-state index < -0.39 is 81.4 Å². The number of hydrogen-bond acceptors (Lipinski definition) is 11. The smallest absolute Gasteiger partial charge is 0.255 e. The zero-order chi connectivity index (χ0) is 29.1. The minimum absolute atomic E-state index is 0.0768. The van der Waals surface area contributed by atoms with Crippen LogP contribution in [0.4, 0.5) is 5.69 Å². The lowest BCUT2D eigenvalue weighted by molar-refractivity contribution is -0.169. The number of likely N-dealkylation sites (N-methyl/N-ethyl adjacent to an activating group) is 2. The number of aliphatic hydroxyl groups excluding tert-OH is 3. The summed E-state index contributed by atoms with van der Waals surface area (Å²) in [5.41, 5.74) is 1.15. The molecule has 39 heavy (non-hydrogen) atoms. The fourth-order valence-electron chi connectivity index (χ4n) is 6.19. The molecule has 13 nitrogen and oxygen atoms in total. The van der Waals surface area contributed by atoms with Crippen molar-refractivity contribution in [3.63, 3.8) is 0 Å². The number of primary amides is 1. The number of benzene rings is 1. The average Bonchev–Trinajstić information content (AvgIpc) is 2.85. The highest BCUT2D eigenvalue weighted by atomic mass is 16.4. The minimum atomic E-state index is -2.98. The fraction of sp³-hybridized carbons (Fsp3) is 0.462. The molecule has 0 heterocycles. The maximum Gasteiger partial charge on any atom is 0.255 e. The van der Waals surface area contributed by atoms with Crippen molar-refractivity contribution in [3.8, 4) is 5.75 Å². The van der Waals surface area contributed by atoms with Crippen LogP contribution in [0.1, 0.15) is 30.9 Å². The Morgan fingerprint density at radius 3 is 2.36 bits per heavy atom. The molecule has 1 fully saturated rings. The number of aliphatic hydroxyl groups is 4. The Morgan fingerprint density at radius 2 is 1.79 bits per heavy atom. The maximum absolute atomic E-state index is 14.0. The van der Waals surface area contributed by atoms with Gasteiger partial charge < -0.3 is 41.9 Å². The number of nitrogens with zero attached hydrogens (tertiary/aromatic N) is 1. The van der Waals surface area contributed by atoms with E-state index in [0.29, 0.717) is 12.1 Å². The van der Waals surface area contributed by atoms with Crippen LogP contribution in [0.2, 0.25) is 0 Å². The minimum Gasteiger partial charge on any atom is -0.508 e. The van der Waals surface area contributed by atoms with Crippen molar-refractivity contribution in [3.05, 3.63) is 40.2 Å². The number of Topliss-reactive ketones (excluding diaryl/α,β-unsaturated/α-hetero) is 2. The van der Waals surface area contributed by atoms with Gasteiger partial charge in [0.2, 0.25) is 11.7 Å². The second-order valence-electron chi connectivity index (χ2n) is 10.3. The van der Waals surface area contributed by atoms with Crippen molar-refractivity contribution in [1.82, 2.24) is 10.2 Å². The average molecular weight is 545 g/mol. The predicted molar refractivity (Wildman–Crippen MR) is 138 cm³/mol. The number of ketones is 2. The van der Waals surface area contributed by atoms with Gasteiger partial charge in [-0.25, -0.2) is 0 Å². The Kier molecular flexibility index (Phi) is 6.96. The van der Waals surface area contributed by atoms with Crippen LogP contribution in [-0.4, -0.2) is 98.7 Å². The normalized spacial score (nSPS) is 30.1. The third kappa shape index (κ3) is 3.87. The molecule has 6 atom stereocenters. The van der Waals surface area contributed by atoms with Gasteiger partial charge in [-0.1, -0.05) is 13.0 Å². The van der Waals surface area contributed by atoms with E-state index in [0.717, 1.165) is 0 Å². The molecule has 4 rings (SSSR count). The van der Waals surface area contributed by atoms with Crippen LogP contribution in [-0.2, 0) is 19.2 Å². The van der Waals surface area contributed by atoms with Gasteiger partial charge in [0, 0.05) is 18.0 Å². The van der Waals surface area contributed by atoms with E-state index in [9.17, 15) is 44.7 Å². The Hall–Kier alpha value is -3.94. The monoisotopic (exact) mass is 544 g/mol. The third-order valence-corrected chi connectivity index (χ3v) is 7.94. The number of carbonyl (C=O) groups excluding carboxylic acids is 4. The number of amides is 2. The largest absolute Gasteiger partial charge is 0.508 e.